The van der Waals surface area contributed by atoms with Crippen LogP contribution in [0.1, 0.15) is 64.5 Å². The van der Waals surface area contributed by atoms with Crippen LogP contribution in [0.2, 0.25) is 0 Å². The number of aromatic amines is 1. The lowest BCUT2D eigenvalue weighted by molar-refractivity contribution is -0.142. The first-order chi connectivity index (χ1) is 17.4. The minimum absolute atomic E-state index is 0.0241. The summed E-state index contributed by atoms with van der Waals surface area (Å²) in [6.07, 6.45) is 6.22. The molecule has 2 amide bonds. The number of carbonyl (C=O) groups is 2. The van der Waals surface area contributed by atoms with Crippen molar-refractivity contribution in [3.63, 3.8) is 0 Å². The summed E-state index contributed by atoms with van der Waals surface area (Å²) in [5, 5.41) is 1.18. The molecular weight excluding hydrogens is 450 g/mol. The third kappa shape index (κ3) is 7.61. The molecular formula is C30H41N3O3. The monoisotopic (exact) mass is 491 g/mol. The molecule has 0 aliphatic carbocycles. The molecule has 1 heterocycles. The summed E-state index contributed by atoms with van der Waals surface area (Å²) < 4.78 is 5.57. The van der Waals surface area contributed by atoms with Gasteiger partial charge in [-0.15, -0.1) is 0 Å². The highest BCUT2D eigenvalue weighted by Crippen LogP contribution is 2.20. The van der Waals surface area contributed by atoms with Gasteiger partial charge in [0.2, 0.25) is 11.8 Å². The van der Waals surface area contributed by atoms with Crippen molar-refractivity contribution in [2.45, 2.75) is 72.4 Å². The van der Waals surface area contributed by atoms with E-state index in [1.54, 1.807) is 4.90 Å². The molecule has 36 heavy (non-hydrogen) atoms. The fourth-order valence-corrected chi connectivity index (χ4v) is 4.44. The number of unbranched alkanes of at least 4 members (excludes halogenated alkanes) is 2. The van der Waals surface area contributed by atoms with Gasteiger partial charge in [0.25, 0.3) is 0 Å². The molecule has 0 saturated carbocycles. The molecule has 0 fully saturated rings. The number of rotatable bonds is 14. The molecule has 0 unspecified atom stereocenters. The molecule has 3 rings (SSSR count). The largest absolute Gasteiger partial charge is 0.494 e. The van der Waals surface area contributed by atoms with Crippen LogP contribution in [-0.4, -0.2) is 52.3 Å². The van der Waals surface area contributed by atoms with Crippen molar-refractivity contribution in [1.29, 1.82) is 0 Å². The smallest absolute Gasteiger partial charge is 0.242 e. The van der Waals surface area contributed by atoms with Crippen LogP contribution in [0.5, 0.6) is 5.75 Å². The standard InChI is InChI=1S/C30H41N3O3/c1-5-7-8-13-29(34)33(23(3)4)22-30(35)32(21-24-14-16-26(17-15-24)36-6-2)19-18-25-20-31-28-12-10-9-11-27(25)28/h9-12,14-17,20,23,31H,5-8,13,18-19,21-22H2,1-4H3. The van der Waals surface area contributed by atoms with Gasteiger partial charge in [-0.2, -0.15) is 0 Å². The predicted octanol–water partition coefficient (Wildman–Crippen LogP) is 5.96. The van der Waals surface area contributed by atoms with E-state index in [9.17, 15) is 9.59 Å². The Kier molecular flexibility index (Phi) is 10.4. The van der Waals surface area contributed by atoms with Crippen molar-refractivity contribution in [3.05, 3.63) is 65.9 Å². The Labute approximate surface area is 215 Å². The Bertz CT molecular complexity index is 1100. The summed E-state index contributed by atoms with van der Waals surface area (Å²) in [4.78, 5) is 33.4. The van der Waals surface area contributed by atoms with Gasteiger partial charge >= 0.3 is 0 Å². The predicted molar refractivity (Wildman–Crippen MR) is 146 cm³/mol. The molecule has 194 valence electrons. The molecule has 1 aromatic heterocycles. The minimum atomic E-state index is -0.0266. The summed E-state index contributed by atoms with van der Waals surface area (Å²) in [6, 6.07) is 16.1. The van der Waals surface area contributed by atoms with Crippen molar-refractivity contribution in [1.82, 2.24) is 14.8 Å². The molecule has 0 saturated heterocycles. The lowest BCUT2D eigenvalue weighted by atomic mass is 10.1. The van der Waals surface area contributed by atoms with E-state index in [2.05, 4.69) is 24.0 Å². The lowest BCUT2D eigenvalue weighted by Gasteiger charge is -2.30. The lowest BCUT2D eigenvalue weighted by Crippen LogP contribution is -2.46. The minimum Gasteiger partial charge on any atom is -0.494 e. The molecule has 0 atom stereocenters. The maximum atomic E-state index is 13.6. The first-order valence-corrected chi connectivity index (χ1v) is 13.3. The molecule has 2 aromatic carbocycles. The maximum Gasteiger partial charge on any atom is 0.242 e. The number of nitrogens with zero attached hydrogens (tertiary/aromatic N) is 2. The Hall–Kier alpha value is -3.28. The Balaban J connectivity index is 1.75. The SMILES string of the molecule is CCCCCC(=O)N(CC(=O)N(CCc1c[nH]c2ccccc12)Cc1ccc(OCC)cc1)C(C)C. The van der Waals surface area contributed by atoms with Crippen LogP contribution in [-0.2, 0) is 22.6 Å². The van der Waals surface area contributed by atoms with Gasteiger partial charge in [-0.05, 0) is 62.9 Å². The molecule has 6 heteroatoms. The van der Waals surface area contributed by atoms with E-state index in [1.165, 1.54) is 10.9 Å². The topological polar surface area (TPSA) is 65.6 Å². The van der Waals surface area contributed by atoms with Gasteiger partial charge in [-0.25, -0.2) is 0 Å². The van der Waals surface area contributed by atoms with Crippen molar-refractivity contribution in [2.24, 2.45) is 0 Å². The van der Waals surface area contributed by atoms with E-state index >= 15 is 0 Å². The number of amides is 2. The molecule has 0 bridgehead atoms. The van der Waals surface area contributed by atoms with Gasteiger partial charge in [-0.3, -0.25) is 9.59 Å². The molecule has 6 nitrogen and oxygen atoms in total. The van der Waals surface area contributed by atoms with Crippen LogP contribution in [0.15, 0.2) is 54.7 Å². The van der Waals surface area contributed by atoms with Gasteiger partial charge in [-0.1, -0.05) is 50.1 Å². The summed E-state index contributed by atoms with van der Waals surface area (Å²) in [5.74, 6) is 0.854. The van der Waals surface area contributed by atoms with Crippen LogP contribution >= 0.6 is 0 Å². The van der Waals surface area contributed by atoms with Gasteiger partial charge < -0.3 is 19.5 Å². The second-order valence-corrected chi connectivity index (χ2v) is 9.57. The summed E-state index contributed by atoms with van der Waals surface area (Å²) in [5.41, 5.74) is 3.32. The third-order valence-electron chi connectivity index (χ3n) is 6.53. The number of benzene rings is 2. The third-order valence-corrected chi connectivity index (χ3v) is 6.53. The zero-order valence-electron chi connectivity index (χ0n) is 22.3. The van der Waals surface area contributed by atoms with E-state index in [0.717, 1.165) is 42.5 Å². The fourth-order valence-electron chi connectivity index (χ4n) is 4.44. The average molecular weight is 492 g/mol. The van der Waals surface area contributed by atoms with E-state index in [4.69, 9.17) is 4.74 Å². The Morgan fingerprint density at radius 2 is 1.72 bits per heavy atom. The molecule has 0 spiro atoms. The highest BCUT2D eigenvalue weighted by molar-refractivity contribution is 5.85. The number of hydrogen-bond donors (Lipinski definition) is 1. The van der Waals surface area contributed by atoms with Crippen molar-refractivity contribution in [2.75, 3.05) is 19.7 Å². The van der Waals surface area contributed by atoms with E-state index in [1.807, 2.05) is 68.3 Å². The van der Waals surface area contributed by atoms with E-state index in [-0.39, 0.29) is 24.4 Å². The second-order valence-electron chi connectivity index (χ2n) is 9.57. The van der Waals surface area contributed by atoms with Crippen molar-refractivity contribution >= 4 is 22.7 Å². The van der Waals surface area contributed by atoms with Gasteiger partial charge in [0, 0.05) is 42.7 Å². The average Bonchev–Trinajstić information content (AvgIpc) is 3.29. The summed E-state index contributed by atoms with van der Waals surface area (Å²) >= 11 is 0. The number of aromatic nitrogens is 1. The Morgan fingerprint density at radius 1 is 0.972 bits per heavy atom. The van der Waals surface area contributed by atoms with Crippen LogP contribution in [0.25, 0.3) is 10.9 Å². The molecule has 3 aromatic rings. The number of carbonyl (C=O) groups excluding carboxylic acids is 2. The number of nitrogens with one attached hydrogen (secondary N) is 1. The van der Waals surface area contributed by atoms with E-state index in [0.29, 0.717) is 26.1 Å². The number of H-pyrrole nitrogens is 1. The van der Waals surface area contributed by atoms with Crippen LogP contribution in [0.3, 0.4) is 0 Å². The molecule has 0 aliphatic heterocycles. The quantitative estimate of drug-likeness (QED) is 0.283. The number of para-hydroxylation sites is 1. The second kappa shape index (κ2) is 13.7. The summed E-state index contributed by atoms with van der Waals surface area (Å²) in [6.45, 7) is 9.83. The zero-order valence-corrected chi connectivity index (χ0v) is 22.3. The molecule has 0 radical (unpaired) electrons. The van der Waals surface area contributed by atoms with Crippen LogP contribution < -0.4 is 4.74 Å². The van der Waals surface area contributed by atoms with Crippen molar-refractivity contribution in [3.8, 4) is 5.75 Å². The number of fused-ring (bicyclic) bond motifs is 1. The van der Waals surface area contributed by atoms with Crippen LogP contribution in [0.4, 0.5) is 0 Å². The van der Waals surface area contributed by atoms with Crippen LogP contribution in [0, 0.1) is 0 Å². The zero-order chi connectivity index (χ0) is 25.9. The first-order valence-electron chi connectivity index (χ1n) is 13.3. The Morgan fingerprint density at radius 3 is 2.42 bits per heavy atom. The summed E-state index contributed by atoms with van der Waals surface area (Å²) in [7, 11) is 0. The van der Waals surface area contributed by atoms with Gasteiger partial charge in [0.1, 0.15) is 5.75 Å². The van der Waals surface area contributed by atoms with Gasteiger partial charge in [0.15, 0.2) is 0 Å². The first kappa shape index (κ1) is 27.3. The molecule has 1 N–H and O–H groups in total. The fraction of sp³-hybridized carbons (Fsp3) is 0.467. The van der Waals surface area contributed by atoms with E-state index < -0.39 is 0 Å². The number of hydrogen-bond acceptors (Lipinski definition) is 3. The maximum absolute atomic E-state index is 13.6. The normalized spacial score (nSPS) is 11.1. The molecule has 0 aliphatic rings. The van der Waals surface area contributed by atoms with Crippen molar-refractivity contribution < 1.29 is 14.3 Å². The highest BCUT2D eigenvalue weighted by Gasteiger charge is 2.23. The van der Waals surface area contributed by atoms with Gasteiger partial charge in [0.05, 0.1) is 13.2 Å². The highest BCUT2D eigenvalue weighted by atomic mass is 16.5. The number of ether oxygens (including phenoxy) is 1.